The number of hydrogen-bond donors (Lipinski definition) is 1. The number of aliphatic hydroxyl groups is 1. The van der Waals surface area contributed by atoms with Gasteiger partial charge in [-0.2, -0.15) is 13.9 Å². The van der Waals surface area contributed by atoms with Crippen LogP contribution in [-0.4, -0.2) is 21.5 Å². The van der Waals surface area contributed by atoms with Crippen molar-refractivity contribution in [3.63, 3.8) is 0 Å². The van der Waals surface area contributed by atoms with Crippen molar-refractivity contribution in [2.75, 3.05) is 0 Å². The molecule has 7 heteroatoms. The Kier molecular flexibility index (Phi) is 4.95. The van der Waals surface area contributed by atoms with E-state index in [-0.39, 0.29) is 17.4 Å². The van der Waals surface area contributed by atoms with E-state index in [1.807, 2.05) is 13.8 Å². The molecule has 1 atom stereocenters. The van der Waals surface area contributed by atoms with Gasteiger partial charge in [0, 0.05) is 11.6 Å². The maximum Gasteiger partial charge on any atom is 0.387 e. The molecule has 0 aliphatic heterocycles. The number of ether oxygens (including phenoxy) is 1. The first-order valence-corrected chi connectivity index (χ1v) is 7.15. The lowest BCUT2D eigenvalue weighted by atomic mass is 10.1. The van der Waals surface area contributed by atoms with Gasteiger partial charge >= 0.3 is 6.61 Å². The lowest BCUT2D eigenvalue weighted by molar-refractivity contribution is -0.0513. The predicted octanol–water partition coefficient (Wildman–Crippen LogP) is 3.91. The van der Waals surface area contributed by atoms with Gasteiger partial charge in [0.1, 0.15) is 11.9 Å². The lowest BCUT2D eigenvalue weighted by Gasteiger charge is -2.19. The molecule has 0 spiro atoms. The molecular weight excluding hydrogens is 346 g/mol. The zero-order valence-corrected chi connectivity index (χ0v) is 13.1. The van der Waals surface area contributed by atoms with Crippen LogP contribution in [0.4, 0.5) is 8.78 Å². The second kappa shape index (κ2) is 6.53. The van der Waals surface area contributed by atoms with Gasteiger partial charge in [0.05, 0.1) is 16.4 Å². The summed E-state index contributed by atoms with van der Waals surface area (Å²) in [5.74, 6) is -0.0524. The van der Waals surface area contributed by atoms with Gasteiger partial charge in [-0.25, -0.2) is 0 Å². The zero-order valence-electron chi connectivity index (χ0n) is 11.5. The topological polar surface area (TPSA) is 47.3 Å². The summed E-state index contributed by atoms with van der Waals surface area (Å²) in [5.41, 5.74) is 0.760. The molecule has 4 nitrogen and oxygen atoms in total. The molecule has 21 heavy (non-hydrogen) atoms. The Hall–Kier alpha value is -1.47. The third-order valence-corrected chi connectivity index (χ3v) is 3.58. The fourth-order valence-corrected chi connectivity index (χ4v) is 2.57. The summed E-state index contributed by atoms with van der Waals surface area (Å²) < 4.78 is 31.6. The molecule has 1 heterocycles. The van der Waals surface area contributed by atoms with Crippen molar-refractivity contribution in [3.8, 4) is 5.75 Å². The van der Waals surface area contributed by atoms with Gasteiger partial charge in [0.25, 0.3) is 0 Å². The van der Waals surface area contributed by atoms with Crippen LogP contribution in [0.15, 0.2) is 34.9 Å². The summed E-state index contributed by atoms with van der Waals surface area (Å²) in [6.07, 6.45) is 0.439. The van der Waals surface area contributed by atoms with Crippen molar-refractivity contribution in [1.29, 1.82) is 0 Å². The van der Waals surface area contributed by atoms with Gasteiger partial charge in [0.2, 0.25) is 0 Å². The minimum absolute atomic E-state index is 0.0177. The summed E-state index contributed by atoms with van der Waals surface area (Å²) in [5, 5.41) is 14.7. The molecule has 0 bridgehead atoms. The third-order valence-electron chi connectivity index (χ3n) is 2.96. The second-order valence-electron chi connectivity index (χ2n) is 4.73. The first kappa shape index (κ1) is 15.9. The van der Waals surface area contributed by atoms with Crippen molar-refractivity contribution in [1.82, 2.24) is 9.78 Å². The highest BCUT2D eigenvalue weighted by molar-refractivity contribution is 9.10. The average molecular weight is 361 g/mol. The van der Waals surface area contributed by atoms with E-state index in [0.29, 0.717) is 10.2 Å². The van der Waals surface area contributed by atoms with Crippen LogP contribution in [0.1, 0.15) is 37.3 Å². The number of aliphatic hydroxyl groups excluding tert-OH is 1. The molecule has 2 aromatic rings. The maximum atomic E-state index is 12.5. The molecule has 1 unspecified atom stereocenters. The van der Waals surface area contributed by atoms with E-state index in [4.69, 9.17) is 0 Å². The maximum absolute atomic E-state index is 12.5. The molecule has 0 fully saturated rings. The highest BCUT2D eigenvalue weighted by atomic mass is 79.9. The van der Waals surface area contributed by atoms with Gasteiger partial charge in [-0.1, -0.05) is 18.2 Å². The number of nitrogens with zero attached hydrogens (tertiary/aromatic N) is 2. The first-order valence-electron chi connectivity index (χ1n) is 6.36. The molecule has 0 amide bonds. The van der Waals surface area contributed by atoms with Crippen molar-refractivity contribution < 1.29 is 18.6 Å². The molecule has 0 saturated carbocycles. The van der Waals surface area contributed by atoms with Crippen LogP contribution in [0.5, 0.6) is 5.75 Å². The highest BCUT2D eigenvalue weighted by Gasteiger charge is 2.24. The van der Waals surface area contributed by atoms with Crippen LogP contribution in [0.2, 0.25) is 0 Å². The molecule has 1 N–H and O–H groups in total. The fourth-order valence-electron chi connectivity index (χ4n) is 2.08. The molecule has 114 valence electrons. The van der Waals surface area contributed by atoms with E-state index in [0.717, 1.165) is 0 Å². The Labute approximate surface area is 129 Å². The smallest absolute Gasteiger partial charge is 0.387 e. The molecule has 0 saturated heterocycles. The van der Waals surface area contributed by atoms with Crippen LogP contribution in [0.25, 0.3) is 0 Å². The Balaban J connectivity index is 2.45. The first-order chi connectivity index (χ1) is 9.91. The van der Waals surface area contributed by atoms with Gasteiger partial charge < -0.3 is 9.84 Å². The number of aromatic nitrogens is 2. The summed E-state index contributed by atoms with van der Waals surface area (Å²) in [4.78, 5) is 0. The highest BCUT2D eigenvalue weighted by Crippen LogP contribution is 2.35. The fraction of sp³-hybridized carbons (Fsp3) is 0.357. The minimum atomic E-state index is -2.95. The largest absolute Gasteiger partial charge is 0.434 e. The molecule has 0 aliphatic rings. The van der Waals surface area contributed by atoms with Crippen molar-refractivity contribution >= 4 is 15.9 Å². The zero-order chi connectivity index (χ0) is 15.6. The van der Waals surface area contributed by atoms with Gasteiger partial charge in [-0.05, 0) is 35.8 Å². The van der Waals surface area contributed by atoms with E-state index >= 15 is 0 Å². The van der Waals surface area contributed by atoms with Crippen molar-refractivity contribution in [2.24, 2.45) is 0 Å². The Morgan fingerprint density at radius 1 is 1.29 bits per heavy atom. The van der Waals surface area contributed by atoms with Gasteiger partial charge in [-0.3, -0.25) is 4.68 Å². The summed E-state index contributed by atoms with van der Waals surface area (Å²) in [6.45, 7) is 0.880. The molecule has 1 aromatic carbocycles. The lowest BCUT2D eigenvalue weighted by Crippen LogP contribution is -2.14. The SMILES string of the molecule is CC(C)n1ncc(Br)c1C(O)c1ccccc1OC(F)F. The van der Waals surface area contributed by atoms with E-state index in [2.05, 4.69) is 25.8 Å². The number of benzene rings is 1. The number of alkyl halides is 2. The summed E-state index contributed by atoms with van der Waals surface area (Å²) in [6, 6.07) is 6.19. The standard InChI is InChI=1S/C14H15BrF2N2O2/c1-8(2)19-12(10(15)7-18-19)13(20)9-5-3-4-6-11(9)21-14(16)17/h3-8,13-14,20H,1-2H3. The number of rotatable bonds is 5. The van der Waals surface area contributed by atoms with Crippen LogP contribution < -0.4 is 4.74 Å². The van der Waals surface area contributed by atoms with Crippen molar-refractivity contribution in [2.45, 2.75) is 32.6 Å². The van der Waals surface area contributed by atoms with E-state index in [1.54, 1.807) is 29.1 Å². The third kappa shape index (κ3) is 3.41. The molecule has 1 aromatic heterocycles. The Bertz CT molecular complexity index is 617. The van der Waals surface area contributed by atoms with E-state index in [1.165, 1.54) is 6.07 Å². The van der Waals surface area contributed by atoms with E-state index < -0.39 is 12.7 Å². The predicted molar refractivity (Wildman–Crippen MR) is 77.4 cm³/mol. The molecule has 2 rings (SSSR count). The van der Waals surface area contributed by atoms with Crippen molar-refractivity contribution in [3.05, 3.63) is 46.2 Å². The van der Waals surface area contributed by atoms with Crippen LogP contribution in [-0.2, 0) is 0 Å². The molecule has 0 radical (unpaired) electrons. The monoisotopic (exact) mass is 360 g/mol. The minimum Gasteiger partial charge on any atom is -0.434 e. The van der Waals surface area contributed by atoms with Gasteiger partial charge in [-0.15, -0.1) is 0 Å². The van der Waals surface area contributed by atoms with Crippen LogP contribution in [0, 0.1) is 0 Å². The average Bonchev–Trinajstić information content (AvgIpc) is 2.80. The summed E-state index contributed by atoms with van der Waals surface area (Å²) in [7, 11) is 0. The number of para-hydroxylation sites is 1. The number of hydrogen-bond acceptors (Lipinski definition) is 3. The summed E-state index contributed by atoms with van der Waals surface area (Å²) >= 11 is 3.33. The van der Waals surface area contributed by atoms with E-state index in [9.17, 15) is 13.9 Å². The Morgan fingerprint density at radius 2 is 1.95 bits per heavy atom. The normalized spacial score (nSPS) is 13.0. The second-order valence-corrected chi connectivity index (χ2v) is 5.59. The van der Waals surface area contributed by atoms with Crippen LogP contribution >= 0.6 is 15.9 Å². The van der Waals surface area contributed by atoms with Crippen LogP contribution in [0.3, 0.4) is 0 Å². The molecular formula is C14H15BrF2N2O2. The quantitative estimate of drug-likeness (QED) is 0.879. The number of halogens is 3. The Morgan fingerprint density at radius 3 is 2.57 bits per heavy atom. The molecule has 0 aliphatic carbocycles. The van der Waals surface area contributed by atoms with Gasteiger partial charge in [0.15, 0.2) is 0 Å².